The lowest BCUT2D eigenvalue weighted by Crippen LogP contribution is -2.38. The fraction of sp³-hybridized carbons (Fsp3) is 0.786. The van der Waals surface area contributed by atoms with Gasteiger partial charge in [-0.05, 0) is 26.3 Å². The molecule has 2 rings (SSSR count). The normalized spacial score (nSPS) is 17.5. The first-order valence-electron chi connectivity index (χ1n) is 7.71. The van der Waals surface area contributed by atoms with Gasteiger partial charge in [0.2, 0.25) is 10.0 Å². The van der Waals surface area contributed by atoms with Gasteiger partial charge < -0.3 is 5.32 Å². The van der Waals surface area contributed by atoms with E-state index in [0.717, 1.165) is 32.2 Å². The van der Waals surface area contributed by atoms with Gasteiger partial charge in [0.25, 0.3) is 0 Å². The number of hydrogen-bond donors (Lipinski definition) is 2. The van der Waals surface area contributed by atoms with E-state index < -0.39 is 10.0 Å². The molecule has 1 heterocycles. The quantitative estimate of drug-likeness (QED) is 0.839. The Morgan fingerprint density at radius 1 is 1.33 bits per heavy atom. The Labute approximate surface area is 127 Å². The van der Waals surface area contributed by atoms with Crippen LogP contribution in [0.2, 0.25) is 0 Å². The molecule has 1 fully saturated rings. The zero-order valence-corrected chi connectivity index (χ0v) is 14.0. The predicted molar refractivity (Wildman–Crippen MR) is 82.5 cm³/mol. The number of hydrogen-bond acceptors (Lipinski definition) is 4. The van der Waals surface area contributed by atoms with Crippen molar-refractivity contribution in [2.45, 2.75) is 63.4 Å². The maximum absolute atomic E-state index is 12.9. The molecule has 120 valence electrons. The monoisotopic (exact) mass is 314 g/mol. The summed E-state index contributed by atoms with van der Waals surface area (Å²) in [6.45, 7) is 5.00. The molecule has 1 saturated carbocycles. The molecule has 0 aliphatic heterocycles. The van der Waals surface area contributed by atoms with E-state index in [4.69, 9.17) is 0 Å². The Balaban J connectivity index is 2.27. The average Bonchev–Trinajstić information content (AvgIpc) is 2.86. The van der Waals surface area contributed by atoms with Crippen LogP contribution in [0.1, 0.15) is 50.4 Å². The van der Waals surface area contributed by atoms with Gasteiger partial charge in [-0.2, -0.15) is 9.40 Å². The van der Waals surface area contributed by atoms with Crippen molar-refractivity contribution in [3.8, 4) is 0 Å². The molecule has 7 heteroatoms. The van der Waals surface area contributed by atoms with Gasteiger partial charge in [-0.15, -0.1) is 0 Å². The van der Waals surface area contributed by atoms with Gasteiger partial charge in [-0.1, -0.05) is 26.2 Å². The topological polar surface area (TPSA) is 78.1 Å². The van der Waals surface area contributed by atoms with Gasteiger partial charge in [-0.3, -0.25) is 5.10 Å². The maximum Gasteiger partial charge on any atom is 0.246 e. The molecule has 0 aromatic carbocycles. The second-order valence-electron chi connectivity index (χ2n) is 5.72. The van der Waals surface area contributed by atoms with Crippen LogP contribution in [0.25, 0.3) is 0 Å². The summed E-state index contributed by atoms with van der Waals surface area (Å²) in [6.07, 6.45) is 5.34. The highest BCUT2D eigenvalue weighted by molar-refractivity contribution is 7.89. The summed E-state index contributed by atoms with van der Waals surface area (Å²) in [6, 6.07) is 0.116. The van der Waals surface area contributed by atoms with E-state index in [-0.39, 0.29) is 6.04 Å². The highest BCUT2D eigenvalue weighted by Crippen LogP contribution is 2.28. The molecule has 2 N–H and O–H groups in total. The highest BCUT2D eigenvalue weighted by Gasteiger charge is 2.33. The van der Waals surface area contributed by atoms with Crippen molar-refractivity contribution in [2.24, 2.45) is 0 Å². The van der Waals surface area contributed by atoms with Crippen LogP contribution in [0.15, 0.2) is 4.90 Å². The molecule has 0 unspecified atom stereocenters. The fourth-order valence-electron chi connectivity index (χ4n) is 2.96. The van der Waals surface area contributed by atoms with Crippen LogP contribution in [-0.2, 0) is 16.6 Å². The van der Waals surface area contributed by atoms with Crippen LogP contribution in [0.4, 0.5) is 0 Å². The van der Waals surface area contributed by atoms with Crippen LogP contribution in [0, 0.1) is 6.92 Å². The third-order valence-corrected chi connectivity index (χ3v) is 6.34. The van der Waals surface area contributed by atoms with Gasteiger partial charge in [0.05, 0.1) is 11.4 Å². The first-order valence-corrected chi connectivity index (χ1v) is 9.15. The van der Waals surface area contributed by atoms with Crippen LogP contribution < -0.4 is 5.32 Å². The molecular weight excluding hydrogens is 288 g/mol. The number of nitrogens with one attached hydrogen (secondary N) is 2. The number of H-pyrrole nitrogens is 1. The lowest BCUT2D eigenvalue weighted by molar-refractivity contribution is 0.285. The standard InChI is InChI=1S/C14H26N4O2S/c1-4-15-10-13-14(11(2)16-17-13)21(19,20)18(3)12-8-6-5-7-9-12/h12,15H,4-10H2,1-3H3,(H,16,17). The molecule has 0 bridgehead atoms. The summed E-state index contributed by atoms with van der Waals surface area (Å²) in [5.74, 6) is 0. The van der Waals surface area contributed by atoms with Crippen LogP contribution >= 0.6 is 0 Å². The van der Waals surface area contributed by atoms with Crippen molar-refractivity contribution >= 4 is 10.0 Å². The lowest BCUT2D eigenvalue weighted by Gasteiger charge is -2.30. The fourth-order valence-corrected chi connectivity index (χ4v) is 4.70. The van der Waals surface area contributed by atoms with Crippen molar-refractivity contribution in [1.82, 2.24) is 19.8 Å². The minimum absolute atomic E-state index is 0.116. The average molecular weight is 314 g/mol. The predicted octanol–water partition coefficient (Wildman–Crippen LogP) is 1.78. The van der Waals surface area contributed by atoms with E-state index in [1.807, 2.05) is 6.92 Å². The van der Waals surface area contributed by atoms with Crippen LogP contribution in [0.5, 0.6) is 0 Å². The molecular formula is C14H26N4O2S. The van der Waals surface area contributed by atoms with Crippen molar-refractivity contribution in [1.29, 1.82) is 0 Å². The molecule has 1 aromatic heterocycles. The Kier molecular flexibility index (Phi) is 5.40. The molecule has 0 saturated heterocycles. The summed E-state index contributed by atoms with van der Waals surface area (Å²) in [5.41, 5.74) is 1.20. The van der Waals surface area contributed by atoms with E-state index in [9.17, 15) is 8.42 Å². The number of sulfonamides is 1. The summed E-state index contributed by atoms with van der Waals surface area (Å²) in [7, 11) is -1.78. The first kappa shape index (κ1) is 16.5. The molecule has 1 aliphatic carbocycles. The molecule has 1 aliphatic rings. The number of rotatable bonds is 6. The molecule has 0 amide bonds. The Bertz CT molecular complexity index is 562. The third-order valence-electron chi connectivity index (χ3n) is 4.23. The summed E-state index contributed by atoms with van der Waals surface area (Å²) in [4.78, 5) is 0.344. The minimum atomic E-state index is -3.49. The zero-order valence-electron chi connectivity index (χ0n) is 13.1. The van der Waals surface area contributed by atoms with Gasteiger partial charge in [0.15, 0.2) is 0 Å². The van der Waals surface area contributed by atoms with E-state index in [1.165, 1.54) is 6.42 Å². The summed E-state index contributed by atoms with van der Waals surface area (Å²) < 4.78 is 27.4. The van der Waals surface area contributed by atoms with Crippen molar-refractivity contribution in [2.75, 3.05) is 13.6 Å². The van der Waals surface area contributed by atoms with E-state index in [1.54, 1.807) is 18.3 Å². The van der Waals surface area contributed by atoms with E-state index >= 15 is 0 Å². The molecule has 1 aromatic rings. The smallest absolute Gasteiger partial charge is 0.246 e. The van der Waals surface area contributed by atoms with Crippen molar-refractivity contribution in [3.05, 3.63) is 11.4 Å². The lowest BCUT2D eigenvalue weighted by atomic mass is 9.96. The van der Waals surface area contributed by atoms with E-state index in [0.29, 0.717) is 22.8 Å². The van der Waals surface area contributed by atoms with Crippen molar-refractivity contribution in [3.63, 3.8) is 0 Å². The van der Waals surface area contributed by atoms with E-state index in [2.05, 4.69) is 15.5 Å². The maximum atomic E-state index is 12.9. The number of nitrogens with zero attached hydrogens (tertiary/aromatic N) is 2. The molecule has 0 spiro atoms. The molecule has 21 heavy (non-hydrogen) atoms. The number of aryl methyl sites for hydroxylation is 1. The number of aromatic amines is 1. The van der Waals surface area contributed by atoms with Gasteiger partial charge in [0.1, 0.15) is 4.90 Å². The second kappa shape index (κ2) is 6.89. The third kappa shape index (κ3) is 3.46. The largest absolute Gasteiger partial charge is 0.311 e. The second-order valence-corrected chi connectivity index (χ2v) is 7.65. The Morgan fingerprint density at radius 2 is 2.00 bits per heavy atom. The Hall–Kier alpha value is -0.920. The minimum Gasteiger partial charge on any atom is -0.311 e. The molecule has 0 atom stereocenters. The van der Waals surface area contributed by atoms with Crippen LogP contribution in [0.3, 0.4) is 0 Å². The Morgan fingerprint density at radius 3 is 2.62 bits per heavy atom. The SMILES string of the molecule is CCNCc1n[nH]c(C)c1S(=O)(=O)N(C)C1CCCCC1. The summed E-state index contributed by atoms with van der Waals surface area (Å²) in [5, 5.41) is 10.1. The zero-order chi connectivity index (χ0) is 15.5. The first-order chi connectivity index (χ1) is 9.98. The van der Waals surface area contributed by atoms with Gasteiger partial charge >= 0.3 is 0 Å². The molecule has 6 nitrogen and oxygen atoms in total. The van der Waals surface area contributed by atoms with Crippen molar-refractivity contribution < 1.29 is 8.42 Å². The van der Waals surface area contributed by atoms with Gasteiger partial charge in [0, 0.05) is 19.6 Å². The van der Waals surface area contributed by atoms with Gasteiger partial charge in [-0.25, -0.2) is 8.42 Å². The molecule has 0 radical (unpaired) electrons. The van der Waals surface area contributed by atoms with Crippen LogP contribution in [-0.4, -0.2) is 42.6 Å². The number of aromatic nitrogens is 2. The highest BCUT2D eigenvalue weighted by atomic mass is 32.2. The summed E-state index contributed by atoms with van der Waals surface area (Å²) >= 11 is 0.